The normalized spacial score (nSPS) is 11.9. The first-order valence-corrected chi connectivity index (χ1v) is 11.3. The molecule has 1 amide bonds. The molecule has 3 rings (SSSR count). The van der Waals surface area contributed by atoms with Gasteiger partial charge in [0.15, 0.2) is 4.34 Å². The maximum Gasteiger partial charge on any atom is 0.250 e. The van der Waals surface area contributed by atoms with Crippen molar-refractivity contribution in [2.45, 2.75) is 45.9 Å². The summed E-state index contributed by atoms with van der Waals surface area (Å²) in [5.41, 5.74) is 4.56. The van der Waals surface area contributed by atoms with E-state index in [0.717, 1.165) is 54.8 Å². The Labute approximate surface area is 178 Å². The molecule has 6 nitrogen and oxygen atoms in total. The molecular weight excluding hydrogens is 406 g/mol. The second-order valence-electron chi connectivity index (χ2n) is 6.59. The standard InChI is InChI=1S/C21H25N3O3S2/c1-7-26-18-13(5)19-16(12(4)14(6)27-19)10-15(18)11(3)9-17(25)22-20-23-24-21(29-20)28-8-2/h9-10H,7-8H2,1-6H3,(H,22,23,25)/b11-9+. The highest BCUT2D eigenvalue weighted by Gasteiger charge is 2.19. The first kappa shape index (κ1) is 21.4. The minimum Gasteiger partial charge on any atom is -0.493 e. The molecule has 3 aromatic rings. The fourth-order valence-electron chi connectivity index (χ4n) is 3.09. The summed E-state index contributed by atoms with van der Waals surface area (Å²) in [5.74, 6) is 2.30. The van der Waals surface area contributed by atoms with Crippen molar-refractivity contribution in [3.8, 4) is 5.75 Å². The molecule has 0 fully saturated rings. The van der Waals surface area contributed by atoms with Gasteiger partial charge in [-0.2, -0.15) is 0 Å². The fourth-order valence-corrected chi connectivity index (χ4v) is 4.75. The van der Waals surface area contributed by atoms with Crippen LogP contribution in [0.1, 0.15) is 43.2 Å². The van der Waals surface area contributed by atoms with Gasteiger partial charge >= 0.3 is 0 Å². The first-order chi connectivity index (χ1) is 13.8. The van der Waals surface area contributed by atoms with Crippen molar-refractivity contribution < 1.29 is 13.9 Å². The number of aromatic nitrogens is 2. The Balaban J connectivity index is 1.95. The molecule has 8 heteroatoms. The number of fused-ring (bicyclic) bond motifs is 1. The molecule has 0 atom stereocenters. The number of amides is 1. The highest BCUT2D eigenvalue weighted by Crippen LogP contribution is 2.39. The summed E-state index contributed by atoms with van der Waals surface area (Å²) in [5, 5.41) is 12.4. The number of carbonyl (C=O) groups excluding carboxylic acids is 1. The Hall–Kier alpha value is -2.32. The van der Waals surface area contributed by atoms with Gasteiger partial charge in [-0.15, -0.1) is 10.2 Å². The van der Waals surface area contributed by atoms with Gasteiger partial charge in [-0.1, -0.05) is 30.0 Å². The van der Waals surface area contributed by atoms with Crippen molar-refractivity contribution in [3.63, 3.8) is 0 Å². The van der Waals surface area contributed by atoms with E-state index in [-0.39, 0.29) is 5.91 Å². The molecule has 0 aliphatic rings. The summed E-state index contributed by atoms with van der Waals surface area (Å²) in [7, 11) is 0. The molecule has 2 heterocycles. The lowest BCUT2D eigenvalue weighted by atomic mass is 9.98. The maximum absolute atomic E-state index is 12.5. The van der Waals surface area contributed by atoms with E-state index in [1.165, 1.54) is 11.3 Å². The number of benzene rings is 1. The van der Waals surface area contributed by atoms with Gasteiger partial charge in [-0.25, -0.2) is 0 Å². The molecule has 0 unspecified atom stereocenters. The molecule has 154 valence electrons. The molecule has 0 bridgehead atoms. The fraction of sp³-hybridized carbons (Fsp3) is 0.381. The van der Waals surface area contributed by atoms with Crippen molar-refractivity contribution in [1.29, 1.82) is 0 Å². The number of ether oxygens (including phenoxy) is 1. The Morgan fingerprint density at radius 2 is 2.03 bits per heavy atom. The van der Waals surface area contributed by atoms with E-state index in [4.69, 9.17) is 9.15 Å². The summed E-state index contributed by atoms with van der Waals surface area (Å²) < 4.78 is 12.7. The Morgan fingerprint density at radius 1 is 1.28 bits per heavy atom. The van der Waals surface area contributed by atoms with Gasteiger partial charge in [0.25, 0.3) is 0 Å². The Morgan fingerprint density at radius 3 is 2.72 bits per heavy atom. The topological polar surface area (TPSA) is 77.2 Å². The van der Waals surface area contributed by atoms with E-state index in [2.05, 4.69) is 22.4 Å². The molecule has 0 spiro atoms. The summed E-state index contributed by atoms with van der Waals surface area (Å²) in [4.78, 5) is 12.5. The van der Waals surface area contributed by atoms with Crippen LogP contribution in [0.2, 0.25) is 0 Å². The van der Waals surface area contributed by atoms with Crippen LogP contribution in [-0.4, -0.2) is 28.5 Å². The zero-order chi connectivity index (χ0) is 21.1. The molecule has 0 aliphatic heterocycles. The maximum atomic E-state index is 12.5. The quantitative estimate of drug-likeness (QED) is 0.291. The molecule has 1 N–H and O–H groups in total. The van der Waals surface area contributed by atoms with E-state index in [1.807, 2.05) is 40.7 Å². The van der Waals surface area contributed by atoms with Crippen molar-refractivity contribution in [3.05, 3.63) is 34.6 Å². The van der Waals surface area contributed by atoms with E-state index < -0.39 is 0 Å². The highest BCUT2D eigenvalue weighted by atomic mass is 32.2. The van der Waals surface area contributed by atoms with Crippen molar-refractivity contribution in [2.24, 2.45) is 0 Å². The number of hydrogen-bond donors (Lipinski definition) is 1. The predicted octanol–water partition coefficient (Wildman–Crippen LogP) is 5.76. The van der Waals surface area contributed by atoms with Crippen LogP contribution in [0.25, 0.3) is 16.5 Å². The summed E-state index contributed by atoms with van der Waals surface area (Å²) in [6.07, 6.45) is 1.57. The molecule has 0 saturated carbocycles. The molecule has 0 radical (unpaired) electrons. The average Bonchev–Trinajstić information content (AvgIpc) is 3.22. The van der Waals surface area contributed by atoms with Crippen LogP contribution in [0, 0.1) is 20.8 Å². The van der Waals surface area contributed by atoms with Gasteiger partial charge in [0, 0.05) is 22.6 Å². The summed E-state index contributed by atoms with van der Waals surface area (Å²) >= 11 is 2.97. The average molecular weight is 432 g/mol. The van der Waals surface area contributed by atoms with Gasteiger partial charge in [-0.05, 0) is 57.6 Å². The van der Waals surface area contributed by atoms with E-state index in [9.17, 15) is 4.79 Å². The molecule has 0 aliphatic carbocycles. The monoisotopic (exact) mass is 431 g/mol. The highest BCUT2D eigenvalue weighted by molar-refractivity contribution is 8.01. The van der Waals surface area contributed by atoms with Crippen LogP contribution < -0.4 is 10.1 Å². The molecule has 1 aromatic carbocycles. The van der Waals surface area contributed by atoms with Crippen LogP contribution >= 0.6 is 23.1 Å². The third-order valence-electron chi connectivity index (χ3n) is 4.61. The van der Waals surface area contributed by atoms with Crippen molar-refractivity contribution >= 4 is 50.7 Å². The molecule has 29 heavy (non-hydrogen) atoms. The third-order valence-corrected chi connectivity index (χ3v) is 6.47. The van der Waals surface area contributed by atoms with Crippen molar-refractivity contribution in [2.75, 3.05) is 17.7 Å². The number of anilines is 1. The Kier molecular flexibility index (Phi) is 6.64. The minimum absolute atomic E-state index is 0.244. The van der Waals surface area contributed by atoms with Gasteiger partial charge in [0.05, 0.1) is 6.61 Å². The van der Waals surface area contributed by atoms with E-state index in [1.54, 1.807) is 17.8 Å². The number of allylic oxidation sites excluding steroid dienone is 1. The first-order valence-electron chi connectivity index (χ1n) is 9.47. The van der Waals surface area contributed by atoms with Crippen molar-refractivity contribution in [1.82, 2.24) is 10.2 Å². The van der Waals surface area contributed by atoms with Crippen LogP contribution in [-0.2, 0) is 4.79 Å². The SMILES string of the molecule is CCOc1c(/C(C)=C/C(=O)Nc2nnc(SCC)s2)cc2c(C)c(C)oc2c1C. The minimum atomic E-state index is -0.244. The lowest BCUT2D eigenvalue weighted by molar-refractivity contribution is -0.111. The van der Waals surface area contributed by atoms with Crippen LogP contribution in [0.5, 0.6) is 5.75 Å². The summed E-state index contributed by atoms with van der Waals surface area (Å²) in [6.45, 7) is 12.4. The van der Waals surface area contributed by atoms with Gasteiger partial charge in [0.2, 0.25) is 11.0 Å². The molecular formula is C21H25N3O3S2. The van der Waals surface area contributed by atoms with E-state index >= 15 is 0 Å². The molecule has 2 aromatic heterocycles. The number of furan rings is 1. The molecule has 0 saturated heterocycles. The summed E-state index contributed by atoms with van der Waals surface area (Å²) in [6, 6.07) is 2.04. The number of thioether (sulfide) groups is 1. The Bertz CT molecular complexity index is 1080. The smallest absolute Gasteiger partial charge is 0.250 e. The van der Waals surface area contributed by atoms with Gasteiger partial charge in [0.1, 0.15) is 17.1 Å². The largest absolute Gasteiger partial charge is 0.493 e. The third kappa shape index (κ3) is 4.48. The van der Waals surface area contributed by atoms with Crippen LogP contribution in [0.3, 0.4) is 0 Å². The second kappa shape index (κ2) is 9.00. The second-order valence-corrected chi connectivity index (χ2v) is 9.08. The lowest BCUT2D eigenvalue weighted by Crippen LogP contribution is -2.08. The van der Waals surface area contributed by atoms with Gasteiger partial charge < -0.3 is 9.15 Å². The zero-order valence-electron chi connectivity index (χ0n) is 17.5. The predicted molar refractivity (Wildman–Crippen MR) is 120 cm³/mol. The number of nitrogens with zero attached hydrogens (tertiary/aromatic N) is 2. The number of rotatable bonds is 7. The number of aryl methyl sites for hydroxylation is 3. The van der Waals surface area contributed by atoms with Crippen LogP contribution in [0.4, 0.5) is 5.13 Å². The lowest BCUT2D eigenvalue weighted by Gasteiger charge is -2.14. The van der Waals surface area contributed by atoms with E-state index in [0.29, 0.717) is 11.7 Å². The van der Waals surface area contributed by atoms with Gasteiger partial charge in [-0.3, -0.25) is 10.1 Å². The zero-order valence-corrected chi connectivity index (χ0v) is 19.1. The number of hydrogen-bond acceptors (Lipinski definition) is 7. The number of nitrogens with one attached hydrogen (secondary N) is 1. The van der Waals surface area contributed by atoms with Crippen LogP contribution in [0.15, 0.2) is 20.9 Å². The number of carbonyl (C=O) groups is 1.